The largest absolute Gasteiger partial charge is 0.667 e. The molecular formula is C37H56N3O6-. The van der Waals surface area contributed by atoms with Crippen LogP contribution in [0.25, 0.3) is 0 Å². The average molecular weight is 639 g/mol. The van der Waals surface area contributed by atoms with Gasteiger partial charge in [-0.05, 0) is 93.7 Å². The minimum absolute atomic E-state index is 0.0383. The number of anilines is 1. The lowest BCUT2D eigenvalue weighted by molar-refractivity contribution is -0.150. The third-order valence-corrected chi connectivity index (χ3v) is 10.6. The summed E-state index contributed by atoms with van der Waals surface area (Å²) in [6, 6.07) is 7.30. The fraction of sp³-hybridized carbons (Fsp3) is 0.676. The molecule has 256 valence electrons. The molecule has 0 radical (unpaired) electrons. The lowest BCUT2D eigenvalue weighted by Gasteiger charge is -2.40. The van der Waals surface area contributed by atoms with Gasteiger partial charge in [0.15, 0.2) is 0 Å². The van der Waals surface area contributed by atoms with Crippen molar-refractivity contribution in [2.24, 2.45) is 23.7 Å². The van der Waals surface area contributed by atoms with Gasteiger partial charge in [0.05, 0.1) is 29.3 Å². The molecule has 2 aliphatic rings. The third-order valence-electron chi connectivity index (χ3n) is 10.6. The Morgan fingerprint density at radius 2 is 1.85 bits per heavy atom. The molecule has 8 atom stereocenters. The van der Waals surface area contributed by atoms with Crippen LogP contribution in [-0.2, 0) is 17.6 Å². The number of allylic oxidation sites excluding steroid dienone is 1. The molecule has 0 amide bonds. The highest BCUT2D eigenvalue weighted by atomic mass is 16.4. The number of carboxylic acid groups (broad SMARTS) is 1. The molecule has 2 aliphatic carbocycles. The van der Waals surface area contributed by atoms with E-state index in [2.05, 4.69) is 29.0 Å². The summed E-state index contributed by atoms with van der Waals surface area (Å²) < 4.78 is 0. The SMILES string of the molecule is CCCCCC1C=CC(CCCCCC(C(=O)O)C(O)CCC2(O)CC(Cc3ccnc(N)c3)CC2(O)Cc2ccc[n-]2)C(O)C1. The first-order valence-corrected chi connectivity index (χ1v) is 17.5. The van der Waals surface area contributed by atoms with Gasteiger partial charge in [0.2, 0.25) is 0 Å². The van der Waals surface area contributed by atoms with Crippen LogP contribution in [0.1, 0.15) is 108 Å². The van der Waals surface area contributed by atoms with Crippen LogP contribution in [0.2, 0.25) is 0 Å². The van der Waals surface area contributed by atoms with Crippen LogP contribution in [-0.4, -0.2) is 59.9 Å². The van der Waals surface area contributed by atoms with Crippen molar-refractivity contribution in [2.75, 3.05) is 5.73 Å². The molecule has 0 aliphatic heterocycles. The Kier molecular flexibility index (Phi) is 13.3. The quantitative estimate of drug-likeness (QED) is 0.0893. The van der Waals surface area contributed by atoms with E-state index in [0.717, 1.165) is 37.7 Å². The second-order valence-electron chi connectivity index (χ2n) is 14.2. The summed E-state index contributed by atoms with van der Waals surface area (Å²) in [4.78, 5) is 20.5. The molecule has 4 rings (SSSR count). The van der Waals surface area contributed by atoms with Gasteiger partial charge in [0.1, 0.15) is 5.82 Å². The number of nitrogens with two attached hydrogens (primary N) is 1. The van der Waals surface area contributed by atoms with Crippen molar-refractivity contribution in [1.82, 2.24) is 9.97 Å². The van der Waals surface area contributed by atoms with Gasteiger partial charge in [0.25, 0.3) is 0 Å². The number of nitrogen functional groups attached to an aromatic ring is 1. The van der Waals surface area contributed by atoms with Crippen molar-refractivity contribution in [3.05, 3.63) is 60.1 Å². The van der Waals surface area contributed by atoms with E-state index in [4.69, 9.17) is 5.73 Å². The zero-order chi connectivity index (χ0) is 33.2. The van der Waals surface area contributed by atoms with Gasteiger partial charge in [0, 0.05) is 12.1 Å². The molecular weight excluding hydrogens is 582 g/mol. The summed E-state index contributed by atoms with van der Waals surface area (Å²) >= 11 is 0. The lowest BCUT2D eigenvalue weighted by Crippen LogP contribution is -2.52. The minimum atomic E-state index is -1.51. The first-order chi connectivity index (χ1) is 22.0. The number of hydrogen-bond donors (Lipinski definition) is 6. The Morgan fingerprint density at radius 3 is 2.54 bits per heavy atom. The monoisotopic (exact) mass is 638 g/mol. The van der Waals surface area contributed by atoms with Crippen LogP contribution >= 0.6 is 0 Å². The van der Waals surface area contributed by atoms with E-state index in [1.807, 2.05) is 12.1 Å². The number of aliphatic hydroxyl groups is 4. The van der Waals surface area contributed by atoms with Gasteiger partial charge >= 0.3 is 5.97 Å². The second-order valence-corrected chi connectivity index (χ2v) is 14.2. The predicted molar refractivity (Wildman–Crippen MR) is 179 cm³/mol. The van der Waals surface area contributed by atoms with Gasteiger partial charge < -0.3 is 36.3 Å². The topological polar surface area (TPSA) is 171 Å². The molecule has 2 heterocycles. The van der Waals surface area contributed by atoms with Crippen LogP contribution < -0.4 is 10.7 Å². The van der Waals surface area contributed by atoms with Crippen molar-refractivity contribution < 1.29 is 30.3 Å². The Morgan fingerprint density at radius 1 is 1.07 bits per heavy atom. The summed E-state index contributed by atoms with van der Waals surface area (Å²) in [7, 11) is 0. The number of carboxylic acids is 1. The number of carbonyl (C=O) groups is 1. The smallest absolute Gasteiger partial charge is 0.309 e. The van der Waals surface area contributed by atoms with E-state index < -0.39 is 29.2 Å². The van der Waals surface area contributed by atoms with Crippen LogP contribution in [0.3, 0.4) is 0 Å². The molecule has 7 N–H and O–H groups in total. The minimum Gasteiger partial charge on any atom is -0.667 e. The molecule has 2 aromatic heterocycles. The van der Waals surface area contributed by atoms with Gasteiger partial charge in [-0.25, -0.2) is 4.98 Å². The summed E-state index contributed by atoms with van der Waals surface area (Å²) in [6.07, 6.45) is 17.1. The highest BCUT2D eigenvalue weighted by Crippen LogP contribution is 2.48. The number of unbranched alkanes of at least 4 members (excludes halogenated alkanes) is 4. The molecule has 0 spiro atoms. The highest BCUT2D eigenvalue weighted by molar-refractivity contribution is 5.70. The van der Waals surface area contributed by atoms with Crippen molar-refractivity contribution in [3.63, 3.8) is 0 Å². The van der Waals surface area contributed by atoms with Crippen LogP contribution in [0, 0.1) is 23.7 Å². The van der Waals surface area contributed by atoms with E-state index in [1.165, 1.54) is 19.3 Å². The maximum absolute atomic E-state index is 12.2. The molecule has 46 heavy (non-hydrogen) atoms. The maximum Gasteiger partial charge on any atom is 0.309 e. The van der Waals surface area contributed by atoms with Crippen LogP contribution in [0.5, 0.6) is 0 Å². The Hall–Kier alpha value is -2.72. The molecule has 1 fully saturated rings. The van der Waals surface area contributed by atoms with Crippen molar-refractivity contribution in [2.45, 2.75) is 133 Å². The Balaban J connectivity index is 1.28. The Bertz CT molecular complexity index is 1240. The van der Waals surface area contributed by atoms with Crippen molar-refractivity contribution in [1.29, 1.82) is 0 Å². The van der Waals surface area contributed by atoms with Gasteiger partial charge in [-0.3, -0.25) is 4.79 Å². The fourth-order valence-corrected chi connectivity index (χ4v) is 7.96. The standard InChI is InChI=1S/C37H56N3O6/c1-2-3-5-9-26-13-14-29(33(42)21-26)10-6-4-7-12-31(35(43)44)32(41)15-17-36(45)23-28(20-27-16-19-40-34(38)22-27)24-37(36,46)25-30-11-8-18-39-30/h8,11,13-14,16,18-19,22,26,28-29,31-33,41-42,45-46H,2-7,9-10,12,15,17,20-21,23-25H2,1H3,(H2,38,40)(H,43,44)/q-1. The Labute approximate surface area is 274 Å². The second kappa shape index (κ2) is 16.9. The molecule has 9 nitrogen and oxygen atoms in total. The number of hydrogen-bond acceptors (Lipinski definition) is 7. The number of nitrogens with zero attached hydrogens (tertiary/aromatic N) is 2. The molecule has 0 saturated heterocycles. The number of aromatic nitrogens is 2. The highest BCUT2D eigenvalue weighted by Gasteiger charge is 2.55. The van der Waals surface area contributed by atoms with Crippen LogP contribution in [0.15, 0.2) is 48.8 Å². The number of aliphatic hydroxyl groups excluding tert-OH is 2. The third kappa shape index (κ3) is 9.89. The lowest BCUT2D eigenvalue weighted by atomic mass is 9.77. The maximum atomic E-state index is 12.2. The van der Waals surface area contributed by atoms with Crippen molar-refractivity contribution >= 4 is 11.8 Å². The first-order valence-electron chi connectivity index (χ1n) is 17.5. The van der Waals surface area contributed by atoms with Crippen LogP contribution in [0.4, 0.5) is 5.82 Å². The number of pyridine rings is 1. The number of rotatable bonds is 19. The first kappa shape index (κ1) is 36.1. The fourth-order valence-electron chi connectivity index (χ4n) is 7.96. The van der Waals surface area contributed by atoms with E-state index in [1.54, 1.807) is 24.5 Å². The molecule has 2 aromatic rings. The van der Waals surface area contributed by atoms with Gasteiger partial charge in [-0.15, -0.1) is 0 Å². The summed E-state index contributed by atoms with van der Waals surface area (Å²) in [5.74, 6) is -1.00. The molecule has 8 unspecified atom stereocenters. The summed E-state index contributed by atoms with van der Waals surface area (Å²) in [5.41, 5.74) is 4.55. The molecule has 0 aromatic carbocycles. The number of aliphatic carboxylic acids is 1. The summed E-state index contributed by atoms with van der Waals surface area (Å²) in [6.45, 7) is 2.20. The van der Waals surface area contributed by atoms with E-state index in [-0.39, 0.29) is 37.2 Å². The van der Waals surface area contributed by atoms with E-state index >= 15 is 0 Å². The zero-order valence-electron chi connectivity index (χ0n) is 27.5. The molecule has 9 heteroatoms. The normalized spacial score (nSPS) is 29.2. The zero-order valence-corrected chi connectivity index (χ0v) is 27.5. The van der Waals surface area contributed by atoms with E-state index in [9.17, 15) is 30.3 Å². The van der Waals surface area contributed by atoms with E-state index in [0.29, 0.717) is 49.5 Å². The van der Waals surface area contributed by atoms with Gasteiger partial charge in [-0.2, -0.15) is 11.9 Å². The average Bonchev–Trinajstić information content (AvgIpc) is 3.59. The molecule has 0 bridgehead atoms. The predicted octanol–water partition coefficient (Wildman–Crippen LogP) is 5.20. The molecule has 1 saturated carbocycles. The van der Waals surface area contributed by atoms with Gasteiger partial charge in [-0.1, -0.05) is 69.7 Å². The summed E-state index contributed by atoms with van der Waals surface area (Å²) in [5, 5.41) is 55.5. The van der Waals surface area contributed by atoms with Crippen molar-refractivity contribution in [3.8, 4) is 0 Å².